The highest BCUT2D eigenvalue weighted by atomic mass is 16.5. The van der Waals surface area contributed by atoms with E-state index in [1.54, 1.807) is 19.2 Å². The number of ether oxygens (including phenoxy) is 1. The molecule has 4 heteroatoms. The van der Waals surface area contributed by atoms with E-state index in [0.29, 0.717) is 12.3 Å². The van der Waals surface area contributed by atoms with Crippen molar-refractivity contribution < 1.29 is 9.15 Å². The lowest BCUT2D eigenvalue weighted by Crippen LogP contribution is -2.11. The van der Waals surface area contributed by atoms with Gasteiger partial charge in [-0.25, -0.2) is 0 Å². The van der Waals surface area contributed by atoms with Gasteiger partial charge in [-0.2, -0.15) is 5.26 Å². The van der Waals surface area contributed by atoms with Crippen molar-refractivity contribution in [2.24, 2.45) is 0 Å². The molecule has 0 fully saturated rings. The molecule has 0 radical (unpaired) electrons. The molecule has 0 bridgehead atoms. The van der Waals surface area contributed by atoms with Crippen molar-refractivity contribution in [3.63, 3.8) is 0 Å². The van der Waals surface area contributed by atoms with Gasteiger partial charge in [0.15, 0.2) is 0 Å². The molecule has 1 N–H and O–H groups in total. The summed E-state index contributed by atoms with van der Waals surface area (Å²) in [7, 11) is 1.65. The first kappa shape index (κ1) is 12.2. The maximum absolute atomic E-state index is 8.63. The van der Waals surface area contributed by atoms with E-state index >= 15 is 0 Å². The van der Waals surface area contributed by atoms with E-state index in [0.717, 1.165) is 18.1 Å². The number of hydrogen-bond donors (Lipinski definition) is 1. The largest absolute Gasteiger partial charge is 0.497 e. The maximum Gasteiger partial charge on any atom is 0.203 e. The fourth-order valence-corrected chi connectivity index (χ4v) is 1.61. The quantitative estimate of drug-likeness (QED) is 0.875. The molecular formula is C14H14N2O2. The monoisotopic (exact) mass is 242 g/mol. The van der Waals surface area contributed by atoms with Crippen LogP contribution in [0.3, 0.4) is 0 Å². The van der Waals surface area contributed by atoms with Gasteiger partial charge in [-0.1, -0.05) is 12.1 Å². The van der Waals surface area contributed by atoms with Gasteiger partial charge in [0.2, 0.25) is 5.76 Å². The van der Waals surface area contributed by atoms with Gasteiger partial charge >= 0.3 is 0 Å². The molecule has 18 heavy (non-hydrogen) atoms. The lowest BCUT2D eigenvalue weighted by molar-refractivity contribution is 0.414. The molecule has 0 aliphatic rings. The van der Waals surface area contributed by atoms with Crippen molar-refractivity contribution in [2.75, 3.05) is 7.11 Å². The Morgan fingerprint density at radius 3 is 2.56 bits per heavy atom. The number of methoxy groups -OCH3 is 1. The molecule has 2 rings (SSSR count). The summed E-state index contributed by atoms with van der Waals surface area (Å²) < 4.78 is 10.4. The van der Waals surface area contributed by atoms with Crippen molar-refractivity contribution in [1.29, 1.82) is 5.26 Å². The van der Waals surface area contributed by atoms with Gasteiger partial charge in [0, 0.05) is 6.54 Å². The molecule has 1 aromatic heterocycles. The molecule has 0 atom stereocenters. The second kappa shape index (κ2) is 5.89. The summed E-state index contributed by atoms with van der Waals surface area (Å²) in [6, 6.07) is 13.3. The minimum absolute atomic E-state index is 0.344. The molecular weight excluding hydrogens is 228 g/mol. The van der Waals surface area contributed by atoms with Crippen molar-refractivity contribution in [3.05, 3.63) is 53.5 Å². The van der Waals surface area contributed by atoms with E-state index in [9.17, 15) is 0 Å². The SMILES string of the molecule is COc1ccc(CNCc2ccc(C#N)o2)cc1. The normalized spacial score (nSPS) is 10.0. The predicted octanol–water partition coefficient (Wildman–Crippen LogP) is 2.45. The summed E-state index contributed by atoms with van der Waals surface area (Å²) in [5.41, 5.74) is 1.17. The van der Waals surface area contributed by atoms with Gasteiger partial charge < -0.3 is 14.5 Å². The Balaban J connectivity index is 1.82. The van der Waals surface area contributed by atoms with E-state index in [-0.39, 0.29) is 0 Å². The van der Waals surface area contributed by atoms with E-state index < -0.39 is 0 Å². The van der Waals surface area contributed by atoms with Crippen LogP contribution in [0.4, 0.5) is 0 Å². The minimum Gasteiger partial charge on any atom is -0.497 e. The molecule has 92 valence electrons. The number of furan rings is 1. The Hall–Kier alpha value is -2.25. The molecule has 1 aromatic carbocycles. The van der Waals surface area contributed by atoms with E-state index in [1.165, 1.54) is 5.56 Å². The second-order valence-electron chi connectivity index (χ2n) is 3.83. The van der Waals surface area contributed by atoms with E-state index in [2.05, 4.69) is 5.32 Å². The fraction of sp³-hybridized carbons (Fsp3) is 0.214. The maximum atomic E-state index is 8.63. The molecule has 0 saturated carbocycles. The van der Waals surface area contributed by atoms with Crippen LogP contribution in [0.15, 0.2) is 40.8 Å². The average molecular weight is 242 g/mol. The zero-order valence-electron chi connectivity index (χ0n) is 10.1. The number of nitrogens with zero attached hydrogens (tertiary/aromatic N) is 1. The molecule has 4 nitrogen and oxygen atoms in total. The number of hydrogen-bond acceptors (Lipinski definition) is 4. The summed E-state index contributed by atoms with van der Waals surface area (Å²) in [6.07, 6.45) is 0. The third-order valence-electron chi connectivity index (χ3n) is 2.56. The first-order valence-electron chi connectivity index (χ1n) is 5.64. The summed E-state index contributed by atoms with van der Waals surface area (Å²) in [6.45, 7) is 1.35. The minimum atomic E-state index is 0.344. The predicted molar refractivity (Wildman–Crippen MR) is 67.0 cm³/mol. The van der Waals surface area contributed by atoms with Gasteiger partial charge in [-0.05, 0) is 29.8 Å². The fourth-order valence-electron chi connectivity index (χ4n) is 1.61. The molecule has 0 saturated heterocycles. The first-order valence-corrected chi connectivity index (χ1v) is 5.64. The first-order chi connectivity index (χ1) is 8.81. The topological polar surface area (TPSA) is 58.2 Å². The van der Waals surface area contributed by atoms with Crippen LogP contribution < -0.4 is 10.1 Å². The van der Waals surface area contributed by atoms with Gasteiger partial charge in [-0.3, -0.25) is 0 Å². The van der Waals surface area contributed by atoms with Crippen LogP contribution in [0.2, 0.25) is 0 Å². The Morgan fingerprint density at radius 1 is 1.17 bits per heavy atom. The number of nitrogens with one attached hydrogen (secondary N) is 1. The summed E-state index contributed by atoms with van der Waals surface area (Å²) >= 11 is 0. The summed E-state index contributed by atoms with van der Waals surface area (Å²) in [4.78, 5) is 0. The molecule has 0 amide bonds. The number of benzene rings is 1. The number of rotatable bonds is 5. The van der Waals surface area contributed by atoms with Crippen LogP contribution in [0, 0.1) is 11.3 Å². The third kappa shape index (κ3) is 3.12. The Kier molecular flexibility index (Phi) is 4.00. The van der Waals surface area contributed by atoms with Crippen LogP contribution in [-0.4, -0.2) is 7.11 Å². The van der Waals surface area contributed by atoms with Crippen LogP contribution in [0.5, 0.6) is 5.75 Å². The van der Waals surface area contributed by atoms with Crippen molar-refractivity contribution in [3.8, 4) is 11.8 Å². The molecule has 0 aliphatic carbocycles. The highest BCUT2D eigenvalue weighted by molar-refractivity contribution is 5.27. The Bertz CT molecular complexity index is 538. The Labute approximate surface area is 106 Å². The number of nitriles is 1. The molecule has 0 aliphatic heterocycles. The Morgan fingerprint density at radius 2 is 1.94 bits per heavy atom. The van der Waals surface area contributed by atoms with Gasteiger partial charge in [-0.15, -0.1) is 0 Å². The molecule has 0 unspecified atom stereocenters. The standard InChI is InChI=1S/C14H14N2O2/c1-17-12-4-2-11(3-5-12)9-16-10-14-7-6-13(8-15)18-14/h2-7,16H,9-10H2,1H3. The molecule has 2 aromatic rings. The molecule has 0 spiro atoms. The highest BCUT2D eigenvalue weighted by Gasteiger charge is 2.00. The summed E-state index contributed by atoms with van der Waals surface area (Å²) in [5.74, 6) is 1.96. The van der Waals surface area contributed by atoms with Crippen LogP contribution in [0.1, 0.15) is 17.1 Å². The van der Waals surface area contributed by atoms with Gasteiger partial charge in [0.1, 0.15) is 17.6 Å². The van der Waals surface area contributed by atoms with Crippen molar-refractivity contribution >= 4 is 0 Å². The lowest BCUT2D eigenvalue weighted by Gasteiger charge is -2.04. The second-order valence-corrected chi connectivity index (χ2v) is 3.83. The van der Waals surface area contributed by atoms with Crippen LogP contribution >= 0.6 is 0 Å². The zero-order valence-corrected chi connectivity index (χ0v) is 10.1. The van der Waals surface area contributed by atoms with Gasteiger partial charge in [0.25, 0.3) is 0 Å². The smallest absolute Gasteiger partial charge is 0.203 e. The van der Waals surface area contributed by atoms with Crippen molar-refractivity contribution in [1.82, 2.24) is 5.32 Å². The third-order valence-corrected chi connectivity index (χ3v) is 2.56. The summed E-state index contributed by atoms with van der Waals surface area (Å²) in [5, 5.41) is 11.9. The zero-order chi connectivity index (χ0) is 12.8. The lowest BCUT2D eigenvalue weighted by atomic mass is 10.2. The van der Waals surface area contributed by atoms with Gasteiger partial charge in [0.05, 0.1) is 13.7 Å². The van der Waals surface area contributed by atoms with E-state index in [1.807, 2.05) is 30.3 Å². The van der Waals surface area contributed by atoms with E-state index in [4.69, 9.17) is 14.4 Å². The van der Waals surface area contributed by atoms with Crippen molar-refractivity contribution in [2.45, 2.75) is 13.1 Å². The average Bonchev–Trinajstić information content (AvgIpc) is 2.87. The van der Waals surface area contributed by atoms with Crippen LogP contribution in [-0.2, 0) is 13.1 Å². The van der Waals surface area contributed by atoms with Crippen LogP contribution in [0.25, 0.3) is 0 Å². The highest BCUT2D eigenvalue weighted by Crippen LogP contribution is 2.11. The molecule has 1 heterocycles.